The Morgan fingerprint density at radius 1 is 0.812 bits per heavy atom. The Labute approximate surface area is 95.2 Å². The summed E-state index contributed by atoms with van der Waals surface area (Å²) in [5.41, 5.74) is 2.41. The number of hydrogen-bond donors (Lipinski definition) is 4. The van der Waals surface area contributed by atoms with Crippen LogP contribution in [0.15, 0.2) is 0 Å². The molecule has 0 aliphatic rings. The molecule has 1 aromatic rings. The van der Waals surface area contributed by atoms with Crippen LogP contribution in [0.3, 0.4) is 0 Å². The van der Waals surface area contributed by atoms with E-state index < -0.39 is 0 Å². The Kier molecular flexibility index (Phi) is 4.24. The van der Waals surface area contributed by atoms with Crippen LogP contribution < -0.4 is 21.9 Å². The standard InChI is InChI=1S/C9H19N7/c1-5(2)11-7-13-8(12-6(3)4)15-9(14-7)16-10/h5-6H,10H2,1-4H3,(H3,11,12,13,14,15,16). The van der Waals surface area contributed by atoms with Crippen molar-refractivity contribution in [2.75, 3.05) is 16.1 Å². The van der Waals surface area contributed by atoms with Gasteiger partial charge < -0.3 is 10.6 Å². The van der Waals surface area contributed by atoms with Crippen LogP contribution in [0, 0.1) is 0 Å². The minimum absolute atomic E-state index is 0.250. The minimum Gasteiger partial charge on any atom is -0.352 e. The molecular formula is C9H19N7. The molecule has 0 radical (unpaired) electrons. The molecular weight excluding hydrogens is 206 g/mol. The smallest absolute Gasteiger partial charge is 0.243 e. The molecule has 90 valence electrons. The van der Waals surface area contributed by atoms with Crippen LogP contribution in [0.5, 0.6) is 0 Å². The van der Waals surface area contributed by atoms with Gasteiger partial charge in [0.25, 0.3) is 0 Å². The maximum Gasteiger partial charge on any atom is 0.243 e. The minimum atomic E-state index is 0.250. The van der Waals surface area contributed by atoms with Crippen LogP contribution in [0.25, 0.3) is 0 Å². The number of rotatable bonds is 5. The molecule has 7 nitrogen and oxygen atoms in total. The van der Waals surface area contributed by atoms with E-state index >= 15 is 0 Å². The largest absolute Gasteiger partial charge is 0.352 e. The second-order valence-corrected chi connectivity index (χ2v) is 4.05. The van der Waals surface area contributed by atoms with E-state index in [1.54, 1.807) is 0 Å². The fourth-order valence-electron chi connectivity index (χ4n) is 1.09. The topological polar surface area (TPSA) is 101 Å². The van der Waals surface area contributed by atoms with Gasteiger partial charge in [-0.15, -0.1) is 0 Å². The SMILES string of the molecule is CC(C)Nc1nc(NN)nc(NC(C)C)n1. The number of nitrogen functional groups attached to an aromatic ring is 1. The lowest BCUT2D eigenvalue weighted by Gasteiger charge is -2.12. The molecule has 16 heavy (non-hydrogen) atoms. The first-order valence-electron chi connectivity index (χ1n) is 5.27. The summed E-state index contributed by atoms with van der Waals surface area (Å²) in [6.45, 7) is 8.04. The van der Waals surface area contributed by atoms with E-state index in [4.69, 9.17) is 5.84 Å². The van der Waals surface area contributed by atoms with Gasteiger partial charge in [-0.3, -0.25) is 5.43 Å². The second-order valence-electron chi connectivity index (χ2n) is 4.05. The van der Waals surface area contributed by atoms with E-state index in [1.165, 1.54) is 0 Å². The first-order valence-corrected chi connectivity index (χ1v) is 5.27. The highest BCUT2D eigenvalue weighted by Crippen LogP contribution is 2.10. The highest BCUT2D eigenvalue weighted by Gasteiger charge is 2.07. The van der Waals surface area contributed by atoms with Gasteiger partial charge in [-0.2, -0.15) is 15.0 Å². The van der Waals surface area contributed by atoms with Crippen molar-refractivity contribution in [1.29, 1.82) is 0 Å². The lowest BCUT2D eigenvalue weighted by Crippen LogP contribution is -2.20. The zero-order chi connectivity index (χ0) is 12.1. The zero-order valence-electron chi connectivity index (χ0n) is 10.1. The molecule has 0 amide bonds. The van der Waals surface area contributed by atoms with Crippen molar-refractivity contribution in [2.24, 2.45) is 5.84 Å². The number of hydrogen-bond acceptors (Lipinski definition) is 7. The van der Waals surface area contributed by atoms with E-state index in [0.717, 1.165) is 0 Å². The third-order valence-electron chi connectivity index (χ3n) is 1.60. The molecule has 0 unspecified atom stereocenters. The first kappa shape index (κ1) is 12.4. The van der Waals surface area contributed by atoms with Crippen molar-refractivity contribution in [2.45, 2.75) is 39.8 Å². The van der Waals surface area contributed by atoms with Gasteiger partial charge in [0.2, 0.25) is 17.8 Å². The lowest BCUT2D eigenvalue weighted by molar-refractivity contribution is 0.845. The number of nitrogens with zero attached hydrogens (tertiary/aromatic N) is 3. The summed E-state index contributed by atoms with van der Waals surface area (Å²) in [5.74, 6) is 6.63. The van der Waals surface area contributed by atoms with Gasteiger partial charge >= 0.3 is 0 Å². The maximum absolute atomic E-state index is 5.29. The summed E-state index contributed by atoms with van der Waals surface area (Å²) >= 11 is 0. The number of nitrogens with two attached hydrogens (primary N) is 1. The Bertz CT molecular complexity index is 308. The number of aromatic nitrogens is 3. The molecule has 0 saturated heterocycles. The van der Waals surface area contributed by atoms with Crippen molar-refractivity contribution in [3.05, 3.63) is 0 Å². The molecule has 0 aliphatic carbocycles. The van der Waals surface area contributed by atoms with Gasteiger partial charge in [0.05, 0.1) is 0 Å². The Morgan fingerprint density at radius 2 is 1.19 bits per heavy atom. The van der Waals surface area contributed by atoms with E-state index in [-0.39, 0.29) is 12.1 Å². The van der Waals surface area contributed by atoms with Gasteiger partial charge in [0, 0.05) is 12.1 Å². The second kappa shape index (κ2) is 5.45. The maximum atomic E-state index is 5.29. The lowest BCUT2D eigenvalue weighted by atomic mass is 10.4. The van der Waals surface area contributed by atoms with Gasteiger partial charge in [-0.1, -0.05) is 0 Å². The zero-order valence-corrected chi connectivity index (χ0v) is 10.1. The Hall–Kier alpha value is -1.63. The quantitative estimate of drug-likeness (QED) is 0.434. The first-order chi connectivity index (χ1) is 7.51. The molecule has 0 saturated carbocycles. The van der Waals surface area contributed by atoms with Crippen molar-refractivity contribution < 1.29 is 0 Å². The summed E-state index contributed by atoms with van der Waals surface area (Å²) in [7, 11) is 0. The fourth-order valence-corrected chi connectivity index (χ4v) is 1.09. The van der Waals surface area contributed by atoms with Crippen molar-refractivity contribution >= 4 is 17.8 Å². The monoisotopic (exact) mass is 225 g/mol. The van der Waals surface area contributed by atoms with Crippen molar-refractivity contribution in [3.63, 3.8) is 0 Å². The molecule has 7 heteroatoms. The molecule has 0 fully saturated rings. The molecule has 0 aliphatic heterocycles. The van der Waals surface area contributed by atoms with E-state index in [0.29, 0.717) is 17.8 Å². The predicted molar refractivity (Wildman–Crippen MR) is 65.2 cm³/mol. The van der Waals surface area contributed by atoms with Crippen LogP contribution in [-0.4, -0.2) is 27.0 Å². The van der Waals surface area contributed by atoms with E-state index in [2.05, 4.69) is 31.0 Å². The highest BCUT2D eigenvalue weighted by atomic mass is 15.3. The molecule has 0 aromatic carbocycles. The van der Waals surface area contributed by atoms with Gasteiger partial charge in [0.1, 0.15) is 0 Å². The van der Waals surface area contributed by atoms with E-state index in [9.17, 15) is 0 Å². The van der Waals surface area contributed by atoms with Crippen LogP contribution >= 0.6 is 0 Å². The average molecular weight is 225 g/mol. The van der Waals surface area contributed by atoms with Crippen LogP contribution in [-0.2, 0) is 0 Å². The summed E-state index contributed by atoms with van der Waals surface area (Å²) < 4.78 is 0. The summed E-state index contributed by atoms with van der Waals surface area (Å²) in [6.07, 6.45) is 0. The highest BCUT2D eigenvalue weighted by molar-refractivity contribution is 5.42. The molecule has 0 atom stereocenters. The van der Waals surface area contributed by atoms with Crippen LogP contribution in [0.4, 0.5) is 17.8 Å². The summed E-state index contributed by atoms with van der Waals surface area (Å²) in [4.78, 5) is 12.4. The summed E-state index contributed by atoms with van der Waals surface area (Å²) in [6, 6.07) is 0.500. The Balaban J connectivity index is 2.91. The molecule has 5 N–H and O–H groups in total. The summed E-state index contributed by atoms with van der Waals surface area (Å²) in [5, 5.41) is 6.19. The average Bonchev–Trinajstić information content (AvgIpc) is 2.14. The molecule has 0 spiro atoms. The van der Waals surface area contributed by atoms with Crippen molar-refractivity contribution in [1.82, 2.24) is 15.0 Å². The normalized spacial score (nSPS) is 10.7. The van der Waals surface area contributed by atoms with Crippen LogP contribution in [0.2, 0.25) is 0 Å². The van der Waals surface area contributed by atoms with Crippen LogP contribution in [0.1, 0.15) is 27.7 Å². The Morgan fingerprint density at radius 3 is 1.50 bits per heavy atom. The van der Waals surface area contributed by atoms with Gasteiger partial charge in [0.15, 0.2) is 0 Å². The van der Waals surface area contributed by atoms with Gasteiger partial charge in [-0.05, 0) is 27.7 Å². The number of nitrogens with one attached hydrogen (secondary N) is 3. The van der Waals surface area contributed by atoms with Crippen molar-refractivity contribution in [3.8, 4) is 0 Å². The number of hydrazine groups is 1. The predicted octanol–water partition coefficient (Wildman–Crippen LogP) is 0.798. The molecule has 0 bridgehead atoms. The molecule has 1 heterocycles. The molecule has 1 rings (SSSR count). The molecule has 1 aromatic heterocycles. The van der Waals surface area contributed by atoms with Gasteiger partial charge in [-0.25, -0.2) is 5.84 Å². The third-order valence-corrected chi connectivity index (χ3v) is 1.60. The number of anilines is 3. The fraction of sp³-hybridized carbons (Fsp3) is 0.667. The van der Waals surface area contributed by atoms with E-state index in [1.807, 2.05) is 27.7 Å². The third kappa shape index (κ3) is 3.85.